The first kappa shape index (κ1) is 22.0. The van der Waals surface area contributed by atoms with Gasteiger partial charge in [-0.1, -0.05) is 12.1 Å². The number of hydrogen-bond donors (Lipinski definition) is 2. The van der Waals surface area contributed by atoms with Gasteiger partial charge in [0.1, 0.15) is 16.5 Å². The number of aromatic amines is 1. The average Bonchev–Trinajstić information content (AvgIpc) is 3.14. The van der Waals surface area contributed by atoms with E-state index in [-0.39, 0.29) is 27.3 Å². The number of hydrogen-bond acceptors (Lipinski definition) is 5. The highest BCUT2D eigenvalue weighted by Crippen LogP contribution is 2.41. The molecule has 2 N–H and O–H groups in total. The van der Waals surface area contributed by atoms with Crippen LogP contribution in [-0.2, 0) is 4.75 Å². The largest absolute Gasteiger partial charge is 0.477 e. The summed E-state index contributed by atoms with van der Waals surface area (Å²) >= 11 is 2.10. The molecule has 0 aliphatic rings. The van der Waals surface area contributed by atoms with E-state index in [1.165, 1.54) is 41.4 Å². The lowest BCUT2D eigenvalue weighted by molar-refractivity contribution is 0.0704. The number of carbonyl (C=O) groups is 1. The van der Waals surface area contributed by atoms with Gasteiger partial charge in [0.15, 0.2) is 0 Å². The molecule has 0 spiro atoms. The van der Waals surface area contributed by atoms with E-state index in [9.17, 15) is 28.3 Å². The van der Waals surface area contributed by atoms with Crippen molar-refractivity contribution in [1.29, 1.82) is 0 Å². The zero-order valence-electron chi connectivity index (χ0n) is 16.8. The van der Waals surface area contributed by atoms with Gasteiger partial charge in [0.05, 0.1) is 16.6 Å². The Morgan fingerprint density at radius 1 is 1.16 bits per heavy atom. The summed E-state index contributed by atoms with van der Waals surface area (Å²) in [6, 6.07) is 10.1. The molecule has 0 bridgehead atoms. The number of thiophene rings is 1. The third kappa shape index (κ3) is 3.87. The van der Waals surface area contributed by atoms with Gasteiger partial charge in [0, 0.05) is 15.0 Å². The van der Waals surface area contributed by atoms with Crippen LogP contribution < -0.4 is 11.2 Å². The number of fused-ring (bicyclic) bond motifs is 1. The lowest BCUT2D eigenvalue weighted by Gasteiger charge is -2.25. The second-order valence-electron chi connectivity index (χ2n) is 7.47. The van der Waals surface area contributed by atoms with Gasteiger partial charge < -0.3 is 10.1 Å². The molecule has 0 aliphatic carbocycles. The van der Waals surface area contributed by atoms with E-state index in [2.05, 4.69) is 4.98 Å². The molecule has 164 valence electrons. The summed E-state index contributed by atoms with van der Waals surface area (Å²) in [6.45, 7) is 3.73. The van der Waals surface area contributed by atoms with E-state index in [1.807, 2.05) is 13.8 Å². The molecule has 0 unspecified atom stereocenters. The van der Waals surface area contributed by atoms with Crippen molar-refractivity contribution in [2.24, 2.45) is 0 Å². The zero-order valence-corrected chi connectivity index (χ0v) is 18.4. The second kappa shape index (κ2) is 8.03. The van der Waals surface area contributed by atoms with Gasteiger partial charge >= 0.3 is 11.7 Å². The molecule has 0 aliphatic heterocycles. The van der Waals surface area contributed by atoms with Gasteiger partial charge in [-0.3, -0.25) is 4.79 Å². The lowest BCUT2D eigenvalue weighted by Crippen LogP contribution is -2.34. The van der Waals surface area contributed by atoms with Gasteiger partial charge in [-0.15, -0.1) is 23.1 Å². The summed E-state index contributed by atoms with van der Waals surface area (Å²) in [4.78, 5) is 39.8. The number of rotatable bonds is 5. The normalized spacial score (nSPS) is 11.8. The van der Waals surface area contributed by atoms with Crippen molar-refractivity contribution >= 4 is 40.0 Å². The molecule has 0 saturated carbocycles. The van der Waals surface area contributed by atoms with Gasteiger partial charge in [-0.25, -0.2) is 22.9 Å². The maximum atomic E-state index is 14.7. The van der Waals surface area contributed by atoms with E-state index < -0.39 is 27.8 Å². The summed E-state index contributed by atoms with van der Waals surface area (Å²) < 4.78 is 28.4. The minimum absolute atomic E-state index is 0.0804. The maximum absolute atomic E-state index is 14.7. The van der Waals surface area contributed by atoms with E-state index in [4.69, 9.17) is 0 Å². The Balaban J connectivity index is 1.84. The van der Waals surface area contributed by atoms with Crippen molar-refractivity contribution in [1.82, 2.24) is 9.55 Å². The molecule has 10 heteroatoms. The highest BCUT2D eigenvalue weighted by atomic mass is 32.2. The monoisotopic (exact) mass is 474 g/mol. The third-order valence-corrected chi connectivity index (χ3v) is 7.10. The standard InChI is InChI=1S/C22H16F2N2O4S2/c1-22(2,11-4-3-5-12(23)8-11)32-13-6-7-14(24)16(9-13)26-19(27)17-15(25-21(26)30)10-31-18(17)20(28)29/h3-10H,1-2H3,(H,25,30)(H,28,29). The number of H-pyrrole nitrogens is 1. The third-order valence-electron chi connectivity index (χ3n) is 4.90. The fourth-order valence-electron chi connectivity index (χ4n) is 3.36. The molecule has 4 aromatic rings. The molecule has 0 radical (unpaired) electrons. The fraction of sp³-hybridized carbons (Fsp3) is 0.136. The van der Waals surface area contributed by atoms with Crippen LogP contribution in [0.2, 0.25) is 0 Å². The Bertz CT molecular complexity index is 1490. The summed E-state index contributed by atoms with van der Waals surface area (Å²) in [5, 5.41) is 10.5. The Labute approximate surface area is 188 Å². The van der Waals surface area contributed by atoms with Crippen molar-refractivity contribution in [3.63, 3.8) is 0 Å². The van der Waals surface area contributed by atoms with E-state index in [0.29, 0.717) is 15.0 Å². The minimum Gasteiger partial charge on any atom is -0.477 e. The number of carboxylic acids is 1. The van der Waals surface area contributed by atoms with Crippen LogP contribution in [0.5, 0.6) is 0 Å². The second-order valence-corrected chi connectivity index (χ2v) is 10.0. The van der Waals surface area contributed by atoms with Gasteiger partial charge in [-0.2, -0.15) is 0 Å². The summed E-state index contributed by atoms with van der Waals surface area (Å²) in [7, 11) is 0. The van der Waals surface area contributed by atoms with Crippen molar-refractivity contribution < 1.29 is 18.7 Å². The zero-order chi connectivity index (χ0) is 23.2. The predicted octanol–water partition coefficient (Wildman–Crippen LogP) is 4.74. The van der Waals surface area contributed by atoms with Crippen molar-refractivity contribution in [3.05, 3.63) is 90.8 Å². The highest BCUT2D eigenvalue weighted by molar-refractivity contribution is 8.00. The molecule has 6 nitrogen and oxygen atoms in total. The van der Waals surface area contributed by atoms with Gasteiger partial charge in [0.25, 0.3) is 5.56 Å². The van der Waals surface area contributed by atoms with Crippen LogP contribution in [-0.4, -0.2) is 20.6 Å². The van der Waals surface area contributed by atoms with Crippen LogP contribution in [0.15, 0.2) is 62.3 Å². The summed E-state index contributed by atoms with van der Waals surface area (Å²) in [5.74, 6) is -2.52. The van der Waals surface area contributed by atoms with Crippen LogP contribution in [0.25, 0.3) is 16.6 Å². The van der Waals surface area contributed by atoms with Crippen molar-refractivity contribution in [3.8, 4) is 5.69 Å². The number of carboxylic acid groups (broad SMARTS) is 1. The van der Waals surface area contributed by atoms with E-state index >= 15 is 0 Å². The molecule has 0 saturated heterocycles. The SMILES string of the molecule is CC(C)(Sc1ccc(F)c(-n2c(=O)[nH]c3csc(C(=O)O)c3c2=O)c1)c1cccc(F)c1. The topological polar surface area (TPSA) is 92.2 Å². The van der Waals surface area contributed by atoms with Crippen LogP contribution in [0.3, 0.4) is 0 Å². The molecule has 2 aromatic carbocycles. The first-order valence-corrected chi connectivity index (χ1v) is 11.0. The Hall–Kier alpha value is -3.24. The van der Waals surface area contributed by atoms with Crippen LogP contribution >= 0.6 is 23.1 Å². The average molecular weight is 475 g/mol. The quantitative estimate of drug-likeness (QED) is 0.408. The molecular formula is C22H16F2N2O4S2. The number of aromatic nitrogens is 2. The van der Waals surface area contributed by atoms with Gasteiger partial charge in [-0.05, 0) is 49.7 Å². The van der Waals surface area contributed by atoms with Crippen LogP contribution in [0, 0.1) is 11.6 Å². The number of nitrogens with one attached hydrogen (secondary N) is 1. The predicted molar refractivity (Wildman–Crippen MR) is 120 cm³/mol. The maximum Gasteiger partial charge on any atom is 0.346 e. The summed E-state index contributed by atoms with van der Waals surface area (Å²) in [6.07, 6.45) is 0. The number of aromatic carboxylic acids is 1. The molecule has 2 heterocycles. The fourth-order valence-corrected chi connectivity index (χ4v) is 5.33. The molecular weight excluding hydrogens is 458 g/mol. The van der Waals surface area contributed by atoms with Crippen molar-refractivity contribution in [2.75, 3.05) is 0 Å². The first-order valence-electron chi connectivity index (χ1n) is 9.33. The number of nitrogens with zero attached hydrogens (tertiary/aromatic N) is 1. The molecule has 0 atom stereocenters. The van der Waals surface area contributed by atoms with Crippen LogP contribution in [0.4, 0.5) is 8.78 Å². The molecule has 0 fully saturated rings. The number of thioether (sulfide) groups is 1. The highest BCUT2D eigenvalue weighted by Gasteiger charge is 2.25. The Morgan fingerprint density at radius 2 is 1.91 bits per heavy atom. The molecule has 2 aromatic heterocycles. The smallest absolute Gasteiger partial charge is 0.346 e. The molecule has 32 heavy (non-hydrogen) atoms. The van der Waals surface area contributed by atoms with Crippen LogP contribution in [0.1, 0.15) is 29.1 Å². The van der Waals surface area contributed by atoms with E-state index in [0.717, 1.165) is 17.4 Å². The number of halogens is 2. The number of benzene rings is 2. The summed E-state index contributed by atoms with van der Waals surface area (Å²) in [5.41, 5.74) is -1.33. The van der Waals surface area contributed by atoms with Gasteiger partial charge in [0.2, 0.25) is 0 Å². The Kier molecular flexibility index (Phi) is 5.51. The van der Waals surface area contributed by atoms with E-state index in [1.54, 1.807) is 12.1 Å². The first-order chi connectivity index (χ1) is 15.1. The van der Waals surface area contributed by atoms with Crippen molar-refractivity contribution in [2.45, 2.75) is 23.5 Å². The minimum atomic E-state index is -1.32. The molecule has 4 rings (SSSR count). The Morgan fingerprint density at radius 3 is 2.59 bits per heavy atom. The lowest BCUT2D eigenvalue weighted by atomic mass is 10.0. The molecule has 0 amide bonds.